The van der Waals surface area contributed by atoms with Crippen LogP contribution in [0.1, 0.15) is 36.2 Å². The van der Waals surface area contributed by atoms with Gasteiger partial charge < -0.3 is 9.88 Å². The number of aromatic nitrogens is 4. The monoisotopic (exact) mass is 333 g/mol. The number of carbonyl (C=O) groups is 1. The summed E-state index contributed by atoms with van der Waals surface area (Å²) in [4.78, 5) is 16.2. The number of nitrogens with zero attached hydrogens (tertiary/aromatic N) is 3. The normalized spacial score (nSPS) is 13.8. The summed E-state index contributed by atoms with van der Waals surface area (Å²) in [5.41, 5.74) is 3.71. The number of fused-ring (bicyclic) bond motifs is 1. The molecule has 0 bridgehead atoms. The van der Waals surface area contributed by atoms with Crippen LogP contribution in [0, 0.1) is 0 Å². The van der Waals surface area contributed by atoms with Gasteiger partial charge >= 0.3 is 0 Å². The third kappa shape index (κ3) is 4.16. The van der Waals surface area contributed by atoms with Crippen molar-refractivity contribution >= 4 is 17.7 Å². The molecule has 0 saturated heterocycles. The lowest BCUT2D eigenvalue weighted by atomic mass is 9.95. The van der Waals surface area contributed by atoms with Gasteiger partial charge in [0.25, 0.3) is 0 Å². The molecule has 23 heavy (non-hydrogen) atoms. The Morgan fingerprint density at radius 1 is 1.43 bits per heavy atom. The van der Waals surface area contributed by atoms with Crippen molar-refractivity contribution in [1.82, 2.24) is 25.1 Å². The maximum atomic E-state index is 12.0. The molecular weight excluding hydrogens is 310 g/mol. The smallest absolute Gasteiger partial charge is 0.220 e. The molecule has 124 valence electrons. The first-order valence-corrected chi connectivity index (χ1v) is 9.14. The molecule has 1 aliphatic carbocycles. The molecule has 1 aliphatic rings. The van der Waals surface area contributed by atoms with Gasteiger partial charge in [0, 0.05) is 50.3 Å². The molecule has 0 spiro atoms. The van der Waals surface area contributed by atoms with E-state index < -0.39 is 0 Å². The molecule has 2 aromatic rings. The van der Waals surface area contributed by atoms with E-state index in [1.165, 1.54) is 24.1 Å². The van der Waals surface area contributed by atoms with Crippen LogP contribution in [-0.2, 0) is 31.1 Å². The summed E-state index contributed by atoms with van der Waals surface area (Å²) in [6, 6.07) is 0. The molecule has 0 radical (unpaired) electrons. The zero-order valence-corrected chi connectivity index (χ0v) is 14.3. The van der Waals surface area contributed by atoms with Crippen molar-refractivity contribution in [3.8, 4) is 0 Å². The molecule has 0 unspecified atom stereocenters. The Bertz CT molecular complexity index is 663. The van der Waals surface area contributed by atoms with E-state index in [1.807, 2.05) is 17.8 Å². The maximum Gasteiger partial charge on any atom is 0.220 e. The zero-order chi connectivity index (χ0) is 16.1. The van der Waals surface area contributed by atoms with Crippen molar-refractivity contribution in [2.45, 2.75) is 43.7 Å². The standard InChI is InChI=1S/C16H23N5OS/c1-21-10-8-18-16(21)23-11-9-17-15(22)7-6-14-12-4-2-3-5-13(12)19-20-14/h8,10H,2-7,9,11H2,1H3,(H,17,22)(H,19,20). The lowest BCUT2D eigenvalue weighted by Crippen LogP contribution is -2.26. The quantitative estimate of drug-likeness (QED) is 0.599. The van der Waals surface area contributed by atoms with Crippen molar-refractivity contribution in [3.63, 3.8) is 0 Å². The van der Waals surface area contributed by atoms with Crippen molar-refractivity contribution in [1.29, 1.82) is 0 Å². The summed E-state index contributed by atoms with van der Waals surface area (Å²) >= 11 is 1.65. The van der Waals surface area contributed by atoms with Gasteiger partial charge in [-0.2, -0.15) is 5.10 Å². The predicted octanol–water partition coefficient (Wildman–Crippen LogP) is 1.86. The van der Waals surface area contributed by atoms with Gasteiger partial charge in [-0.15, -0.1) is 0 Å². The summed E-state index contributed by atoms with van der Waals surface area (Å²) in [7, 11) is 1.97. The Kier molecular flexibility index (Phi) is 5.38. The Morgan fingerprint density at radius 3 is 3.13 bits per heavy atom. The van der Waals surface area contributed by atoms with E-state index in [-0.39, 0.29) is 5.91 Å². The van der Waals surface area contributed by atoms with Crippen LogP contribution in [-0.4, -0.2) is 38.0 Å². The zero-order valence-electron chi connectivity index (χ0n) is 13.5. The van der Waals surface area contributed by atoms with E-state index in [1.54, 1.807) is 18.0 Å². The van der Waals surface area contributed by atoms with E-state index in [4.69, 9.17) is 0 Å². The van der Waals surface area contributed by atoms with Gasteiger partial charge in [0.2, 0.25) is 5.91 Å². The number of hydrogen-bond acceptors (Lipinski definition) is 4. The molecule has 1 amide bonds. The van der Waals surface area contributed by atoms with Crippen LogP contribution in [0.2, 0.25) is 0 Å². The first-order valence-electron chi connectivity index (χ1n) is 8.16. The van der Waals surface area contributed by atoms with Gasteiger partial charge in [-0.25, -0.2) is 4.98 Å². The topological polar surface area (TPSA) is 75.6 Å². The second kappa shape index (κ2) is 7.68. The minimum absolute atomic E-state index is 0.0954. The van der Waals surface area contributed by atoms with Crippen LogP contribution in [0.5, 0.6) is 0 Å². The maximum absolute atomic E-state index is 12.0. The summed E-state index contributed by atoms with van der Waals surface area (Å²) < 4.78 is 1.98. The SMILES string of the molecule is Cn1ccnc1SCCNC(=O)CCc1n[nH]c2c1CCCC2. The minimum atomic E-state index is 0.0954. The van der Waals surface area contributed by atoms with Crippen molar-refractivity contribution in [3.05, 3.63) is 29.3 Å². The van der Waals surface area contributed by atoms with E-state index in [0.717, 1.165) is 35.9 Å². The summed E-state index contributed by atoms with van der Waals surface area (Å²) in [5, 5.41) is 11.5. The number of rotatable bonds is 7. The number of H-pyrrole nitrogens is 1. The number of imidazole rings is 1. The lowest BCUT2D eigenvalue weighted by molar-refractivity contribution is -0.120. The van der Waals surface area contributed by atoms with Gasteiger partial charge in [-0.3, -0.25) is 9.89 Å². The highest BCUT2D eigenvalue weighted by Crippen LogP contribution is 2.22. The number of thioether (sulfide) groups is 1. The van der Waals surface area contributed by atoms with E-state index >= 15 is 0 Å². The van der Waals surface area contributed by atoms with Crippen molar-refractivity contribution < 1.29 is 4.79 Å². The van der Waals surface area contributed by atoms with Crippen LogP contribution in [0.15, 0.2) is 17.6 Å². The highest BCUT2D eigenvalue weighted by Gasteiger charge is 2.17. The second-order valence-corrected chi connectivity index (χ2v) is 6.92. The van der Waals surface area contributed by atoms with E-state index in [9.17, 15) is 4.79 Å². The van der Waals surface area contributed by atoms with Crippen molar-refractivity contribution in [2.24, 2.45) is 7.05 Å². The van der Waals surface area contributed by atoms with Crippen LogP contribution < -0.4 is 5.32 Å². The van der Waals surface area contributed by atoms with Gasteiger partial charge in [0.1, 0.15) is 0 Å². The lowest BCUT2D eigenvalue weighted by Gasteiger charge is -2.11. The first kappa shape index (κ1) is 16.1. The Hall–Kier alpha value is -1.76. The van der Waals surface area contributed by atoms with Crippen LogP contribution in [0.25, 0.3) is 0 Å². The van der Waals surface area contributed by atoms with Gasteiger partial charge in [0.05, 0.1) is 5.69 Å². The van der Waals surface area contributed by atoms with Gasteiger partial charge in [0.15, 0.2) is 5.16 Å². The van der Waals surface area contributed by atoms with Gasteiger partial charge in [-0.1, -0.05) is 11.8 Å². The fourth-order valence-electron chi connectivity index (χ4n) is 2.90. The molecule has 0 aromatic carbocycles. The average molecular weight is 333 g/mol. The summed E-state index contributed by atoms with van der Waals surface area (Å²) in [6.07, 6.45) is 9.60. The summed E-state index contributed by atoms with van der Waals surface area (Å²) in [6.45, 7) is 0.662. The number of aryl methyl sites for hydroxylation is 3. The molecule has 2 aromatic heterocycles. The van der Waals surface area contributed by atoms with Crippen LogP contribution in [0.3, 0.4) is 0 Å². The molecule has 0 atom stereocenters. The molecular formula is C16H23N5OS. The second-order valence-electron chi connectivity index (χ2n) is 5.85. The average Bonchev–Trinajstić information content (AvgIpc) is 3.16. The number of aromatic amines is 1. The Morgan fingerprint density at radius 2 is 2.30 bits per heavy atom. The number of hydrogen-bond donors (Lipinski definition) is 2. The first-order chi connectivity index (χ1) is 11.2. The van der Waals surface area contributed by atoms with E-state index in [2.05, 4.69) is 20.5 Å². The molecule has 0 saturated carbocycles. The highest BCUT2D eigenvalue weighted by atomic mass is 32.2. The molecule has 0 fully saturated rings. The van der Waals surface area contributed by atoms with Crippen LogP contribution >= 0.6 is 11.8 Å². The Labute approximate surface area is 140 Å². The van der Waals surface area contributed by atoms with Crippen molar-refractivity contribution in [2.75, 3.05) is 12.3 Å². The van der Waals surface area contributed by atoms with Crippen LogP contribution in [0.4, 0.5) is 0 Å². The molecule has 6 nitrogen and oxygen atoms in total. The molecule has 0 aliphatic heterocycles. The third-order valence-electron chi connectivity index (χ3n) is 4.16. The molecule has 3 rings (SSSR count). The number of amides is 1. The fraction of sp³-hybridized carbons (Fsp3) is 0.562. The minimum Gasteiger partial charge on any atom is -0.355 e. The fourth-order valence-corrected chi connectivity index (χ4v) is 3.69. The summed E-state index contributed by atoms with van der Waals surface area (Å²) in [5.74, 6) is 0.923. The molecule has 2 heterocycles. The third-order valence-corrected chi connectivity index (χ3v) is 5.22. The molecule has 2 N–H and O–H groups in total. The largest absolute Gasteiger partial charge is 0.355 e. The predicted molar refractivity (Wildman–Crippen MR) is 90.5 cm³/mol. The number of carbonyl (C=O) groups excluding carboxylic acids is 1. The highest BCUT2D eigenvalue weighted by molar-refractivity contribution is 7.99. The van der Waals surface area contributed by atoms with Gasteiger partial charge in [-0.05, 0) is 31.2 Å². The number of nitrogens with one attached hydrogen (secondary N) is 2. The molecule has 7 heteroatoms. The Balaban J connectivity index is 1.37. The van der Waals surface area contributed by atoms with E-state index in [0.29, 0.717) is 13.0 Å².